The number of nitrogens with zero attached hydrogens (tertiary/aromatic N) is 1. The average Bonchev–Trinajstić information content (AvgIpc) is 2.29. The molecular formula is C13H14N2. The maximum Gasteiger partial charge on any atom is 0.101 e. The summed E-state index contributed by atoms with van der Waals surface area (Å²) in [7, 11) is 0. The zero-order chi connectivity index (χ0) is 11.1. The fraction of sp³-hybridized carbons (Fsp3) is 0.308. The monoisotopic (exact) mass is 198 g/mol. The topological polar surface area (TPSA) is 35.8 Å². The maximum absolute atomic E-state index is 8.59. The average molecular weight is 198 g/mol. The Bertz CT molecular complexity index is 396. The van der Waals surface area contributed by atoms with Gasteiger partial charge in [-0.2, -0.15) is 5.26 Å². The lowest BCUT2D eigenvalue weighted by atomic mass is 10.1. The van der Waals surface area contributed by atoms with Gasteiger partial charge in [-0.05, 0) is 18.1 Å². The summed E-state index contributed by atoms with van der Waals surface area (Å²) in [5.74, 6) is 2.57. The van der Waals surface area contributed by atoms with Crippen molar-refractivity contribution < 1.29 is 0 Å². The van der Waals surface area contributed by atoms with Crippen LogP contribution in [0.2, 0.25) is 0 Å². The van der Waals surface area contributed by atoms with E-state index in [0.717, 1.165) is 12.1 Å². The third-order valence-corrected chi connectivity index (χ3v) is 2.22. The molecule has 1 aromatic carbocycles. The molecule has 15 heavy (non-hydrogen) atoms. The van der Waals surface area contributed by atoms with Gasteiger partial charge in [0, 0.05) is 5.69 Å². The summed E-state index contributed by atoms with van der Waals surface area (Å²) in [5, 5.41) is 11.8. The van der Waals surface area contributed by atoms with E-state index >= 15 is 0 Å². The van der Waals surface area contributed by atoms with E-state index in [2.05, 4.69) is 30.3 Å². The second kappa shape index (κ2) is 5.73. The molecule has 0 saturated carbocycles. The maximum atomic E-state index is 8.59. The van der Waals surface area contributed by atoms with Crippen LogP contribution in [0.5, 0.6) is 0 Å². The highest BCUT2D eigenvalue weighted by atomic mass is 14.9. The van der Waals surface area contributed by atoms with E-state index in [0.29, 0.717) is 6.42 Å². The third kappa shape index (κ3) is 3.04. The summed E-state index contributed by atoms with van der Waals surface area (Å²) in [6.07, 6.45) is 6.61. The van der Waals surface area contributed by atoms with Gasteiger partial charge in [0.2, 0.25) is 0 Å². The molecule has 0 aliphatic heterocycles. The molecule has 1 atom stereocenters. The molecule has 0 aliphatic carbocycles. The van der Waals surface area contributed by atoms with Crippen LogP contribution >= 0.6 is 0 Å². The van der Waals surface area contributed by atoms with Gasteiger partial charge in [0.1, 0.15) is 6.04 Å². The minimum atomic E-state index is -0.206. The molecule has 0 aromatic heterocycles. The Labute approximate surface area is 90.9 Å². The Balaban J connectivity index is 2.80. The second-order valence-corrected chi connectivity index (χ2v) is 3.24. The number of hydrogen-bond donors (Lipinski definition) is 1. The first-order valence-electron chi connectivity index (χ1n) is 4.99. The number of terminal acetylenes is 1. The number of aryl methyl sites for hydroxylation is 1. The predicted molar refractivity (Wildman–Crippen MR) is 62.3 cm³/mol. The summed E-state index contributed by atoms with van der Waals surface area (Å²) in [4.78, 5) is 0. The third-order valence-electron chi connectivity index (χ3n) is 2.22. The molecule has 1 aromatic rings. The fourth-order valence-electron chi connectivity index (χ4n) is 1.40. The van der Waals surface area contributed by atoms with E-state index in [-0.39, 0.29) is 6.04 Å². The second-order valence-electron chi connectivity index (χ2n) is 3.24. The molecule has 0 spiro atoms. The number of benzene rings is 1. The van der Waals surface area contributed by atoms with Crippen molar-refractivity contribution in [3.8, 4) is 18.4 Å². The van der Waals surface area contributed by atoms with Crippen LogP contribution in [0.15, 0.2) is 24.3 Å². The largest absolute Gasteiger partial charge is 0.370 e. The molecule has 0 heterocycles. The van der Waals surface area contributed by atoms with Gasteiger partial charge in [-0.3, -0.25) is 0 Å². The van der Waals surface area contributed by atoms with Crippen LogP contribution in [-0.4, -0.2) is 6.04 Å². The summed E-state index contributed by atoms with van der Waals surface area (Å²) in [6.45, 7) is 2.09. The first kappa shape index (κ1) is 11.1. The van der Waals surface area contributed by atoms with Gasteiger partial charge in [-0.15, -0.1) is 6.42 Å². The minimum absolute atomic E-state index is 0.206. The number of nitriles is 1. The van der Waals surface area contributed by atoms with Crippen LogP contribution in [0, 0.1) is 23.7 Å². The van der Waals surface area contributed by atoms with Gasteiger partial charge >= 0.3 is 0 Å². The zero-order valence-electron chi connectivity index (χ0n) is 8.83. The van der Waals surface area contributed by atoms with Gasteiger partial charge in [0.05, 0.1) is 12.5 Å². The fourth-order valence-corrected chi connectivity index (χ4v) is 1.40. The van der Waals surface area contributed by atoms with Gasteiger partial charge in [-0.25, -0.2) is 0 Å². The molecule has 2 nitrogen and oxygen atoms in total. The SMILES string of the molecule is C#CC(CC#N)Nc1ccccc1CC. The summed E-state index contributed by atoms with van der Waals surface area (Å²) < 4.78 is 0. The Morgan fingerprint density at radius 3 is 2.80 bits per heavy atom. The van der Waals surface area contributed by atoms with E-state index < -0.39 is 0 Å². The molecule has 76 valence electrons. The van der Waals surface area contributed by atoms with E-state index in [1.807, 2.05) is 18.2 Å². The van der Waals surface area contributed by atoms with Gasteiger partial charge in [-0.1, -0.05) is 31.0 Å². The van der Waals surface area contributed by atoms with Crippen molar-refractivity contribution >= 4 is 5.69 Å². The van der Waals surface area contributed by atoms with Crippen LogP contribution in [0.25, 0.3) is 0 Å². The van der Waals surface area contributed by atoms with Gasteiger partial charge in [0.15, 0.2) is 0 Å². The van der Waals surface area contributed by atoms with Gasteiger partial charge in [0.25, 0.3) is 0 Å². The number of nitrogens with one attached hydrogen (secondary N) is 1. The molecule has 0 radical (unpaired) electrons. The summed E-state index contributed by atoms with van der Waals surface area (Å²) in [6, 6.07) is 9.87. The lowest BCUT2D eigenvalue weighted by molar-refractivity contribution is 0.925. The number of hydrogen-bond acceptors (Lipinski definition) is 2. The highest BCUT2D eigenvalue weighted by molar-refractivity contribution is 5.53. The van der Waals surface area contributed by atoms with E-state index in [1.54, 1.807) is 0 Å². The van der Waals surface area contributed by atoms with Gasteiger partial charge < -0.3 is 5.32 Å². The lowest BCUT2D eigenvalue weighted by Crippen LogP contribution is -2.17. The Kier molecular flexibility index (Phi) is 4.26. The van der Waals surface area contributed by atoms with Crippen LogP contribution < -0.4 is 5.32 Å². The molecule has 0 fully saturated rings. The standard InChI is InChI=1S/C13H14N2/c1-3-11-7-5-6-8-13(11)15-12(4-2)9-10-14/h2,5-8,12,15H,3,9H2,1H3. The molecule has 2 heteroatoms. The van der Waals surface area contributed by atoms with Crippen molar-refractivity contribution in [3.63, 3.8) is 0 Å². The highest BCUT2D eigenvalue weighted by Crippen LogP contribution is 2.16. The molecule has 1 N–H and O–H groups in total. The first-order chi connectivity index (χ1) is 7.31. The van der Waals surface area contributed by atoms with Crippen LogP contribution in [0.3, 0.4) is 0 Å². The quantitative estimate of drug-likeness (QED) is 0.755. The molecule has 1 unspecified atom stereocenters. The lowest BCUT2D eigenvalue weighted by Gasteiger charge is -2.14. The zero-order valence-corrected chi connectivity index (χ0v) is 8.83. The van der Waals surface area contributed by atoms with Crippen molar-refractivity contribution in [2.45, 2.75) is 25.8 Å². The first-order valence-corrected chi connectivity index (χ1v) is 4.99. The van der Waals surface area contributed by atoms with Crippen molar-refractivity contribution in [1.29, 1.82) is 5.26 Å². The van der Waals surface area contributed by atoms with Crippen LogP contribution in [0.4, 0.5) is 5.69 Å². The number of rotatable bonds is 4. The van der Waals surface area contributed by atoms with Crippen molar-refractivity contribution in [2.75, 3.05) is 5.32 Å². The Hall–Kier alpha value is -1.93. The van der Waals surface area contributed by atoms with Crippen LogP contribution in [-0.2, 0) is 6.42 Å². The van der Waals surface area contributed by atoms with Crippen LogP contribution in [0.1, 0.15) is 18.9 Å². The molecule has 0 bridgehead atoms. The molecule has 1 rings (SSSR count). The number of anilines is 1. The van der Waals surface area contributed by atoms with Crippen molar-refractivity contribution in [2.24, 2.45) is 0 Å². The van der Waals surface area contributed by atoms with E-state index in [1.165, 1.54) is 5.56 Å². The Morgan fingerprint density at radius 2 is 2.20 bits per heavy atom. The normalized spacial score (nSPS) is 11.1. The smallest absolute Gasteiger partial charge is 0.101 e. The summed E-state index contributed by atoms with van der Waals surface area (Å²) >= 11 is 0. The Morgan fingerprint density at radius 1 is 1.47 bits per heavy atom. The van der Waals surface area contributed by atoms with Crippen molar-refractivity contribution in [1.82, 2.24) is 0 Å². The predicted octanol–water partition coefficient (Wildman–Crippen LogP) is 2.58. The highest BCUT2D eigenvalue weighted by Gasteiger charge is 2.05. The molecule has 0 amide bonds. The minimum Gasteiger partial charge on any atom is -0.370 e. The summed E-state index contributed by atoms with van der Waals surface area (Å²) in [5.41, 5.74) is 2.24. The molecular weight excluding hydrogens is 184 g/mol. The molecule has 0 aliphatic rings. The number of para-hydroxylation sites is 1. The van der Waals surface area contributed by atoms with E-state index in [9.17, 15) is 0 Å². The molecule has 0 saturated heterocycles. The van der Waals surface area contributed by atoms with E-state index in [4.69, 9.17) is 11.7 Å². The van der Waals surface area contributed by atoms with Crippen molar-refractivity contribution in [3.05, 3.63) is 29.8 Å².